The fourth-order valence-corrected chi connectivity index (χ4v) is 6.65. The van der Waals surface area contributed by atoms with Gasteiger partial charge in [0.25, 0.3) is 0 Å². The first-order valence-electron chi connectivity index (χ1n) is 14.0. The number of hydrogen-bond acceptors (Lipinski definition) is 3. The predicted octanol–water partition coefficient (Wildman–Crippen LogP) is 9.15. The number of rotatable bonds is 15. The molecule has 0 aliphatic rings. The molecule has 0 aliphatic heterocycles. The van der Waals surface area contributed by atoms with Gasteiger partial charge in [-0.05, 0) is 72.0 Å². The zero-order chi connectivity index (χ0) is 26.3. The first-order chi connectivity index (χ1) is 18.0. The first-order valence-corrected chi connectivity index (χ1v) is 16.5. The monoisotopic (exact) mass is 534 g/mol. The van der Waals surface area contributed by atoms with Crippen LogP contribution in [0.25, 0.3) is 0 Å². The van der Waals surface area contributed by atoms with Crippen molar-refractivity contribution in [2.45, 2.75) is 102 Å². The fourth-order valence-electron chi connectivity index (χ4n) is 4.66. The van der Waals surface area contributed by atoms with Crippen LogP contribution in [0.1, 0.15) is 105 Å². The highest BCUT2D eigenvalue weighted by Gasteiger charge is 2.19. The van der Waals surface area contributed by atoms with E-state index in [4.69, 9.17) is 0 Å². The van der Waals surface area contributed by atoms with Crippen LogP contribution >= 0.6 is 11.3 Å². The van der Waals surface area contributed by atoms with Crippen molar-refractivity contribution in [1.29, 1.82) is 0 Å². The van der Waals surface area contributed by atoms with Gasteiger partial charge in [-0.1, -0.05) is 107 Å². The Labute approximate surface area is 229 Å². The molecule has 37 heavy (non-hydrogen) atoms. The van der Waals surface area contributed by atoms with Crippen LogP contribution in [0.4, 0.5) is 0 Å². The van der Waals surface area contributed by atoms with Crippen LogP contribution in [-0.2, 0) is 28.4 Å². The normalized spacial score (nSPS) is 11.3. The summed E-state index contributed by atoms with van der Waals surface area (Å²) in [6, 6.07) is 17.3. The topological polar surface area (TPSA) is 34.1 Å². The van der Waals surface area contributed by atoms with Gasteiger partial charge in [0, 0.05) is 5.56 Å². The molecule has 0 atom stereocenters. The second-order valence-electron chi connectivity index (χ2n) is 9.91. The lowest BCUT2D eigenvalue weighted by Gasteiger charge is -2.15. The number of sulfone groups is 1. The molecule has 0 aliphatic carbocycles. The summed E-state index contributed by atoms with van der Waals surface area (Å²) in [7, 11) is -3.42. The van der Waals surface area contributed by atoms with Crippen molar-refractivity contribution < 1.29 is 8.42 Å². The van der Waals surface area contributed by atoms with E-state index in [2.05, 4.69) is 49.3 Å². The number of aryl methyl sites for hydroxylation is 2. The SMILES string of the molecule is CCCCCCCc1cc(CS(=O)(=O)c2ccccc2)c(CCCCCCC)cc1C#Cc1cccs1. The summed E-state index contributed by atoms with van der Waals surface area (Å²) in [5, 5.41) is 2.05. The first kappa shape index (κ1) is 29.2. The molecular weight excluding hydrogens is 492 g/mol. The third-order valence-corrected chi connectivity index (χ3v) is 9.28. The van der Waals surface area contributed by atoms with Gasteiger partial charge in [0.05, 0.1) is 15.5 Å². The molecule has 0 amide bonds. The van der Waals surface area contributed by atoms with Gasteiger partial charge >= 0.3 is 0 Å². The highest BCUT2D eigenvalue weighted by atomic mass is 32.2. The lowest BCUT2D eigenvalue weighted by atomic mass is 9.92. The third-order valence-electron chi connectivity index (χ3n) is 6.81. The number of thiophene rings is 1. The minimum absolute atomic E-state index is 0.0444. The molecule has 0 unspecified atom stereocenters. The summed E-state index contributed by atoms with van der Waals surface area (Å²) in [6.07, 6.45) is 13.8. The molecule has 4 heteroatoms. The van der Waals surface area contributed by atoms with Gasteiger partial charge in [-0.15, -0.1) is 11.3 Å². The van der Waals surface area contributed by atoms with Gasteiger partial charge in [-0.25, -0.2) is 8.42 Å². The summed E-state index contributed by atoms with van der Waals surface area (Å²) in [5.74, 6) is 6.84. The second-order valence-corrected chi connectivity index (χ2v) is 12.8. The standard InChI is InChI=1S/C33H42O2S2/c1-3-5-7-9-12-17-28-26-31(27-37(34,35)33-20-14-11-15-21-33)29(18-13-10-8-6-4-2)25-30(28)22-23-32-19-16-24-36-32/h11,14-16,19-21,24-26H,3-10,12-13,17-18,27H2,1-2H3. The Morgan fingerprint density at radius 3 is 1.95 bits per heavy atom. The quantitative estimate of drug-likeness (QED) is 0.144. The van der Waals surface area contributed by atoms with Crippen molar-refractivity contribution in [2.24, 2.45) is 0 Å². The summed E-state index contributed by atoms with van der Waals surface area (Å²) < 4.78 is 26.7. The van der Waals surface area contributed by atoms with Gasteiger partial charge in [-0.2, -0.15) is 0 Å². The van der Waals surface area contributed by atoms with Crippen molar-refractivity contribution in [3.63, 3.8) is 0 Å². The van der Waals surface area contributed by atoms with Gasteiger partial charge < -0.3 is 0 Å². The van der Waals surface area contributed by atoms with Crippen LogP contribution in [0.15, 0.2) is 64.9 Å². The highest BCUT2D eigenvalue weighted by molar-refractivity contribution is 7.90. The molecule has 0 spiro atoms. The lowest BCUT2D eigenvalue weighted by Crippen LogP contribution is -2.09. The van der Waals surface area contributed by atoms with Gasteiger partial charge in [-0.3, -0.25) is 0 Å². The average molecular weight is 535 g/mol. The Morgan fingerprint density at radius 1 is 0.676 bits per heavy atom. The van der Waals surface area contributed by atoms with E-state index in [1.54, 1.807) is 35.6 Å². The molecule has 0 fully saturated rings. The van der Waals surface area contributed by atoms with Crippen molar-refractivity contribution in [2.75, 3.05) is 0 Å². The predicted molar refractivity (Wildman–Crippen MR) is 159 cm³/mol. The van der Waals surface area contributed by atoms with Crippen LogP contribution in [-0.4, -0.2) is 8.42 Å². The number of unbranched alkanes of at least 4 members (excludes halogenated alkanes) is 8. The molecule has 0 N–H and O–H groups in total. The largest absolute Gasteiger partial charge is 0.223 e. The van der Waals surface area contributed by atoms with Crippen molar-refractivity contribution in [1.82, 2.24) is 0 Å². The molecule has 2 nitrogen and oxygen atoms in total. The Hall–Kier alpha value is -2.35. The fraction of sp³-hybridized carbons (Fsp3) is 0.455. The van der Waals surface area contributed by atoms with Crippen molar-refractivity contribution in [3.8, 4) is 11.8 Å². The number of benzene rings is 2. The maximum absolute atomic E-state index is 13.4. The van der Waals surface area contributed by atoms with Crippen LogP contribution in [0.3, 0.4) is 0 Å². The smallest absolute Gasteiger partial charge is 0.182 e. The zero-order valence-electron chi connectivity index (χ0n) is 22.6. The van der Waals surface area contributed by atoms with E-state index < -0.39 is 9.84 Å². The van der Waals surface area contributed by atoms with Crippen molar-refractivity contribution in [3.05, 3.63) is 87.1 Å². The maximum Gasteiger partial charge on any atom is 0.182 e. The molecule has 198 valence electrons. The summed E-state index contributed by atoms with van der Waals surface area (Å²) in [6.45, 7) is 4.46. The van der Waals surface area contributed by atoms with Crippen LogP contribution in [0.5, 0.6) is 0 Å². The van der Waals surface area contributed by atoms with Crippen LogP contribution in [0, 0.1) is 11.8 Å². The summed E-state index contributed by atoms with van der Waals surface area (Å²) >= 11 is 1.66. The Balaban J connectivity index is 1.94. The third kappa shape index (κ3) is 9.80. The van der Waals surface area contributed by atoms with Gasteiger partial charge in [0.2, 0.25) is 0 Å². The van der Waals surface area contributed by atoms with Gasteiger partial charge in [0.15, 0.2) is 9.84 Å². The molecule has 0 radical (unpaired) electrons. The van der Waals surface area contributed by atoms with Crippen LogP contribution in [0.2, 0.25) is 0 Å². The maximum atomic E-state index is 13.4. The Morgan fingerprint density at radius 2 is 1.32 bits per heavy atom. The minimum atomic E-state index is -3.42. The lowest BCUT2D eigenvalue weighted by molar-refractivity contribution is 0.594. The van der Waals surface area contributed by atoms with Crippen LogP contribution < -0.4 is 0 Å². The van der Waals surface area contributed by atoms with E-state index in [0.29, 0.717) is 4.90 Å². The highest BCUT2D eigenvalue weighted by Crippen LogP contribution is 2.26. The summed E-state index contributed by atoms with van der Waals surface area (Å²) in [4.78, 5) is 1.46. The molecular formula is C33H42O2S2. The second kappa shape index (κ2) is 15.8. The number of hydrogen-bond donors (Lipinski definition) is 0. The van der Waals surface area contributed by atoms with Gasteiger partial charge in [0.1, 0.15) is 0 Å². The van der Waals surface area contributed by atoms with E-state index in [9.17, 15) is 8.42 Å². The summed E-state index contributed by atoms with van der Waals surface area (Å²) in [5.41, 5.74) is 4.34. The molecule has 0 saturated carbocycles. The molecule has 1 heterocycles. The molecule has 0 saturated heterocycles. The molecule has 0 bridgehead atoms. The Kier molecular flexibility index (Phi) is 12.5. The Bertz CT molecular complexity index is 1230. The van der Waals surface area contributed by atoms with E-state index in [0.717, 1.165) is 47.3 Å². The van der Waals surface area contributed by atoms with E-state index >= 15 is 0 Å². The molecule has 2 aromatic carbocycles. The van der Waals surface area contributed by atoms with E-state index in [-0.39, 0.29) is 5.75 Å². The van der Waals surface area contributed by atoms with Crippen molar-refractivity contribution >= 4 is 21.2 Å². The minimum Gasteiger partial charge on any atom is -0.223 e. The average Bonchev–Trinajstić information content (AvgIpc) is 3.42. The van der Waals surface area contributed by atoms with E-state index in [1.165, 1.54) is 56.9 Å². The zero-order valence-corrected chi connectivity index (χ0v) is 24.2. The van der Waals surface area contributed by atoms with E-state index in [1.807, 2.05) is 12.1 Å². The molecule has 3 rings (SSSR count). The molecule has 1 aromatic heterocycles. The molecule has 3 aromatic rings.